The van der Waals surface area contributed by atoms with Crippen LogP contribution < -0.4 is 0 Å². The van der Waals surface area contributed by atoms with Crippen LogP contribution >= 0.6 is 22.9 Å². The molecule has 3 nitrogen and oxygen atoms in total. The summed E-state index contributed by atoms with van der Waals surface area (Å²) in [7, 11) is 0. The van der Waals surface area contributed by atoms with Gasteiger partial charge in [-0.05, 0) is 12.8 Å². The number of carbonyl (C=O) groups is 1. The highest BCUT2D eigenvalue weighted by Gasteiger charge is 2.28. The minimum atomic E-state index is -0.911. The fourth-order valence-corrected chi connectivity index (χ4v) is 2.46. The Bertz CT molecular complexity index is 346. The van der Waals surface area contributed by atoms with Crippen molar-refractivity contribution in [1.29, 1.82) is 0 Å². The number of nitrogens with zero attached hydrogens (tertiary/aromatic N) is 1. The van der Waals surface area contributed by atoms with Crippen molar-refractivity contribution >= 4 is 28.9 Å². The van der Waals surface area contributed by atoms with Crippen LogP contribution in [0.5, 0.6) is 0 Å². The Morgan fingerprint density at radius 3 is 2.77 bits per heavy atom. The second kappa shape index (κ2) is 3.27. The summed E-state index contributed by atoms with van der Waals surface area (Å²) in [5, 5.41) is 8.86. The van der Waals surface area contributed by atoms with E-state index in [-0.39, 0.29) is 0 Å². The molecule has 0 atom stereocenters. The predicted octanol–water partition coefficient (Wildman–Crippen LogP) is 2.76. The molecule has 1 fully saturated rings. The van der Waals surface area contributed by atoms with Gasteiger partial charge in [-0.3, -0.25) is 0 Å². The monoisotopic (exact) mass is 217 g/mol. The number of hydrogen-bond donors (Lipinski definition) is 1. The molecule has 13 heavy (non-hydrogen) atoms. The minimum absolute atomic E-state index is 0.315. The van der Waals surface area contributed by atoms with Crippen LogP contribution in [-0.2, 0) is 0 Å². The van der Waals surface area contributed by atoms with Gasteiger partial charge in [0.1, 0.15) is 4.88 Å². The van der Waals surface area contributed by atoms with Gasteiger partial charge in [-0.25, -0.2) is 9.78 Å². The molecule has 0 saturated heterocycles. The van der Waals surface area contributed by atoms with Crippen LogP contribution in [0.3, 0.4) is 0 Å². The standard InChI is InChI=1S/C8H8ClNO2S/c9-8-10-5(4-2-1-3-4)6(13-8)7(11)12/h4H,1-3H2,(H,11,12). The molecule has 0 aliphatic heterocycles. The molecule has 70 valence electrons. The van der Waals surface area contributed by atoms with E-state index >= 15 is 0 Å². The van der Waals surface area contributed by atoms with Crippen molar-refractivity contribution in [2.45, 2.75) is 25.2 Å². The molecule has 0 bridgehead atoms. The predicted molar refractivity (Wildman–Crippen MR) is 50.7 cm³/mol. The zero-order valence-corrected chi connectivity index (χ0v) is 8.36. The van der Waals surface area contributed by atoms with Gasteiger partial charge < -0.3 is 5.11 Å². The highest BCUT2D eigenvalue weighted by atomic mass is 35.5. The van der Waals surface area contributed by atoms with E-state index in [1.807, 2.05) is 0 Å². The van der Waals surface area contributed by atoms with Crippen molar-refractivity contribution in [3.63, 3.8) is 0 Å². The van der Waals surface area contributed by atoms with Gasteiger partial charge >= 0.3 is 5.97 Å². The summed E-state index contributed by atoms with van der Waals surface area (Å²) in [6.45, 7) is 0. The summed E-state index contributed by atoms with van der Waals surface area (Å²) in [5.41, 5.74) is 0.689. The zero-order chi connectivity index (χ0) is 9.42. The number of carboxylic acids is 1. The third kappa shape index (κ3) is 1.56. The Kier molecular flexibility index (Phi) is 2.26. The molecule has 1 aliphatic carbocycles. The SMILES string of the molecule is O=C(O)c1sc(Cl)nc1C1CCC1. The second-order valence-electron chi connectivity index (χ2n) is 3.11. The molecule has 0 spiro atoms. The van der Waals surface area contributed by atoms with Crippen molar-refractivity contribution in [2.75, 3.05) is 0 Å². The summed E-state index contributed by atoms with van der Waals surface area (Å²) < 4.78 is 0.333. The van der Waals surface area contributed by atoms with E-state index in [2.05, 4.69) is 4.98 Å². The minimum Gasteiger partial charge on any atom is -0.477 e. The van der Waals surface area contributed by atoms with Crippen molar-refractivity contribution in [3.8, 4) is 0 Å². The lowest BCUT2D eigenvalue weighted by atomic mass is 9.82. The summed E-state index contributed by atoms with van der Waals surface area (Å²) in [5.74, 6) is -0.582. The van der Waals surface area contributed by atoms with Crippen LogP contribution in [0.15, 0.2) is 0 Å². The van der Waals surface area contributed by atoms with Crippen LogP contribution in [0, 0.1) is 0 Å². The first-order valence-corrected chi connectivity index (χ1v) is 5.27. The van der Waals surface area contributed by atoms with Crippen molar-refractivity contribution in [2.24, 2.45) is 0 Å². The van der Waals surface area contributed by atoms with E-state index in [1.54, 1.807) is 0 Å². The molecule has 0 radical (unpaired) electrons. The van der Waals surface area contributed by atoms with Gasteiger partial charge in [0.05, 0.1) is 5.69 Å². The van der Waals surface area contributed by atoms with Gasteiger partial charge in [-0.15, -0.1) is 0 Å². The molecule has 1 heterocycles. The number of carboxylic acid groups (broad SMARTS) is 1. The Morgan fingerprint density at radius 1 is 1.62 bits per heavy atom. The largest absolute Gasteiger partial charge is 0.477 e. The molecule has 0 aromatic carbocycles. The maximum atomic E-state index is 10.8. The van der Waals surface area contributed by atoms with Gasteiger partial charge in [0.25, 0.3) is 0 Å². The molecule has 1 aromatic rings. The third-order valence-corrected chi connectivity index (χ3v) is 3.48. The van der Waals surface area contributed by atoms with E-state index in [0.29, 0.717) is 21.0 Å². The molecular formula is C8H8ClNO2S. The van der Waals surface area contributed by atoms with E-state index in [9.17, 15) is 4.79 Å². The number of aromatic nitrogens is 1. The summed E-state index contributed by atoms with van der Waals surface area (Å²) in [6, 6.07) is 0. The van der Waals surface area contributed by atoms with Gasteiger partial charge in [0.15, 0.2) is 4.47 Å². The summed E-state index contributed by atoms with van der Waals surface area (Å²) in [6.07, 6.45) is 3.25. The van der Waals surface area contributed by atoms with Crippen molar-refractivity contribution in [3.05, 3.63) is 15.0 Å². The number of thiazole rings is 1. The first-order chi connectivity index (χ1) is 6.18. The maximum Gasteiger partial charge on any atom is 0.347 e. The van der Waals surface area contributed by atoms with Crippen LogP contribution in [-0.4, -0.2) is 16.1 Å². The molecular weight excluding hydrogens is 210 g/mol. The zero-order valence-electron chi connectivity index (χ0n) is 6.79. The molecule has 1 aliphatic rings. The number of rotatable bonds is 2. The van der Waals surface area contributed by atoms with Gasteiger partial charge in [-0.2, -0.15) is 0 Å². The summed E-state index contributed by atoms with van der Waals surface area (Å²) in [4.78, 5) is 15.2. The Hall–Kier alpha value is -0.610. The van der Waals surface area contributed by atoms with E-state index in [1.165, 1.54) is 6.42 Å². The molecule has 1 aromatic heterocycles. The third-order valence-electron chi connectivity index (χ3n) is 2.31. The summed E-state index contributed by atoms with van der Waals surface area (Å²) >= 11 is 6.73. The molecule has 1 N–H and O–H groups in total. The first-order valence-electron chi connectivity index (χ1n) is 4.08. The lowest BCUT2D eigenvalue weighted by Gasteiger charge is -2.23. The maximum absolute atomic E-state index is 10.8. The average molecular weight is 218 g/mol. The molecule has 0 amide bonds. The lowest BCUT2D eigenvalue weighted by molar-refractivity contribution is 0.0699. The molecule has 0 unspecified atom stereocenters. The first kappa shape index (κ1) is 8.97. The van der Waals surface area contributed by atoms with E-state index < -0.39 is 5.97 Å². The highest BCUT2D eigenvalue weighted by molar-refractivity contribution is 7.17. The Balaban J connectivity index is 2.36. The van der Waals surface area contributed by atoms with E-state index in [4.69, 9.17) is 16.7 Å². The highest BCUT2D eigenvalue weighted by Crippen LogP contribution is 2.40. The van der Waals surface area contributed by atoms with Gasteiger partial charge in [0.2, 0.25) is 0 Å². The molecule has 1 saturated carbocycles. The van der Waals surface area contributed by atoms with E-state index in [0.717, 1.165) is 24.2 Å². The van der Waals surface area contributed by atoms with Crippen LogP contribution in [0.25, 0.3) is 0 Å². The lowest BCUT2D eigenvalue weighted by Crippen LogP contribution is -2.12. The second-order valence-corrected chi connectivity index (χ2v) is 4.70. The normalized spacial score (nSPS) is 17.0. The van der Waals surface area contributed by atoms with Crippen molar-refractivity contribution in [1.82, 2.24) is 4.98 Å². The van der Waals surface area contributed by atoms with Crippen molar-refractivity contribution < 1.29 is 9.90 Å². The van der Waals surface area contributed by atoms with Crippen LogP contribution in [0.4, 0.5) is 0 Å². The van der Waals surface area contributed by atoms with Gasteiger partial charge in [0, 0.05) is 5.92 Å². The number of halogens is 1. The Morgan fingerprint density at radius 2 is 2.31 bits per heavy atom. The van der Waals surface area contributed by atoms with Crippen LogP contribution in [0.1, 0.15) is 40.5 Å². The Labute approximate surface area is 84.4 Å². The van der Waals surface area contributed by atoms with Crippen LogP contribution in [0.2, 0.25) is 4.47 Å². The molecule has 5 heteroatoms. The number of aromatic carboxylic acids is 1. The quantitative estimate of drug-likeness (QED) is 0.829. The average Bonchev–Trinajstić information content (AvgIpc) is 2.27. The van der Waals surface area contributed by atoms with Gasteiger partial charge in [-0.1, -0.05) is 29.4 Å². The molecule has 2 rings (SSSR count). The number of hydrogen-bond acceptors (Lipinski definition) is 3. The fourth-order valence-electron chi connectivity index (χ4n) is 1.42. The smallest absolute Gasteiger partial charge is 0.347 e. The topological polar surface area (TPSA) is 50.2 Å². The fraction of sp³-hybridized carbons (Fsp3) is 0.500.